The molecule has 1 atom stereocenters. The Balaban J connectivity index is 2.20. The zero-order valence-electron chi connectivity index (χ0n) is 12.9. The van der Waals surface area contributed by atoms with Gasteiger partial charge in [0.1, 0.15) is 0 Å². The highest BCUT2D eigenvalue weighted by molar-refractivity contribution is 8.00. The molecular formula is C17H18N2O2S2. The molecule has 0 saturated carbocycles. The third-order valence-electron chi connectivity index (χ3n) is 3.16. The maximum Gasteiger partial charge on any atom is 0.256 e. The van der Waals surface area contributed by atoms with Crippen LogP contribution in [0, 0.1) is 0 Å². The van der Waals surface area contributed by atoms with Crippen molar-refractivity contribution < 1.29 is 9.59 Å². The molecule has 0 aliphatic rings. The molecule has 4 nitrogen and oxygen atoms in total. The van der Waals surface area contributed by atoms with Crippen molar-refractivity contribution in [3.05, 3.63) is 54.1 Å². The van der Waals surface area contributed by atoms with Gasteiger partial charge < -0.3 is 11.1 Å². The minimum absolute atomic E-state index is 0.206. The fourth-order valence-corrected chi connectivity index (χ4v) is 3.31. The van der Waals surface area contributed by atoms with Gasteiger partial charge in [-0.25, -0.2) is 0 Å². The van der Waals surface area contributed by atoms with E-state index in [1.807, 2.05) is 42.7 Å². The van der Waals surface area contributed by atoms with Gasteiger partial charge in [-0.15, -0.1) is 23.5 Å². The summed E-state index contributed by atoms with van der Waals surface area (Å²) in [5.74, 6) is -0.610. The number of nitrogens with one attached hydrogen (secondary N) is 1. The van der Waals surface area contributed by atoms with Gasteiger partial charge in [0.25, 0.3) is 5.91 Å². The van der Waals surface area contributed by atoms with Crippen LogP contribution in [0.3, 0.4) is 0 Å². The van der Waals surface area contributed by atoms with E-state index in [4.69, 9.17) is 5.73 Å². The predicted octanol–water partition coefficient (Wildman–Crippen LogP) is 3.63. The van der Waals surface area contributed by atoms with Gasteiger partial charge in [0.15, 0.2) is 0 Å². The molecule has 0 aliphatic heterocycles. The summed E-state index contributed by atoms with van der Waals surface area (Å²) >= 11 is 2.90. The van der Waals surface area contributed by atoms with Gasteiger partial charge in [-0.05, 0) is 43.5 Å². The lowest BCUT2D eigenvalue weighted by Crippen LogP contribution is -2.23. The molecule has 0 fully saturated rings. The van der Waals surface area contributed by atoms with Crippen molar-refractivity contribution in [2.45, 2.75) is 22.0 Å². The molecule has 0 radical (unpaired) electrons. The number of nitrogens with two attached hydrogens (primary N) is 1. The van der Waals surface area contributed by atoms with E-state index >= 15 is 0 Å². The third-order valence-corrected chi connectivity index (χ3v) is 5.08. The van der Waals surface area contributed by atoms with Crippen LogP contribution in [-0.4, -0.2) is 23.3 Å². The van der Waals surface area contributed by atoms with E-state index in [2.05, 4.69) is 5.32 Å². The van der Waals surface area contributed by atoms with Crippen LogP contribution in [0.25, 0.3) is 0 Å². The first kappa shape index (κ1) is 17.4. The van der Waals surface area contributed by atoms with E-state index in [1.165, 1.54) is 11.8 Å². The van der Waals surface area contributed by atoms with Crippen molar-refractivity contribution in [3.63, 3.8) is 0 Å². The van der Waals surface area contributed by atoms with Crippen LogP contribution < -0.4 is 11.1 Å². The Bertz CT molecular complexity index is 719. The van der Waals surface area contributed by atoms with Crippen molar-refractivity contribution in [2.24, 2.45) is 5.73 Å². The molecule has 2 amide bonds. The summed E-state index contributed by atoms with van der Waals surface area (Å²) in [6.07, 6.45) is 1.98. The fraction of sp³-hybridized carbons (Fsp3) is 0.176. The number of carbonyl (C=O) groups excluding carboxylic acids is 2. The number of hydrogen-bond acceptors (Lipinski definition) is 4. The van der Waals surface area contributed by atoms with Crippen LogP contribution in [0.5, 0.6) is 0 Å². The van der Waals surface area contributed by atoms with Crippen molar-refractivity contribution in [3.8, 4) is 0 Å². The maximum atomic E-state index is 12.5. The molecule has 0 spiro atoms. The molecule has 23 heavy (non-hydrogen) atoms. The molecular weight excluding hydrogens is 328 g/mol. The molecule has 2 aromatic carbocycles. The van der Waals surface area contributed by atoms with Crippen LogP contribution in [-0.2, 0) is 4.79 Å². The minimum atomic E-state index is -0.405. The topological polar surface area (TPSA) is 72.2 Å². The van der Waals surface area contributed by atoms with Crippen molar-refractivity contribution in [1.29, 1.82) is 0 Å². The van der Waals surface area contributed by atoms with Crippen molar-refractivity contribution in [1.82, 2.24) is 0 Å². The summed E-state index contributed by atoms with van der Waals surface area (Å²) in [6, 6.07) is 14.8. The number of carbonyl (C=O) groups is 2. The smallest absolute Gasteiger partial charge is 0.256 e. The summed E-state index contributed by atoms with van der Waals surface area (Å²) < 4.78 is 0. The SMILES string of the molecule is CSc1cccc(NC(=O)c2ccccc2S[C@H](C)C(N)=O)c1. The van der Waals surface area contributed by atoms with Gasteiger partial charge in [-0.2, -0.15) is 0 Å². The van der Waals surface area contributed by atoms with Crippen LogP contribution in [0.15, 0.2) is 58.3 Å². The Morgan fingerprint density at radius 1 is 1.13 bits per heavy atom. The molecule has 0 bridgehead atoms. The van der Waals surface area contributed by atoms with E-state index in [0.717, 1.165) is 15.5 Å². The number of hydrogen-bond donors (Lipinski definition) is 2. The second-order valence-corrected chi connectivity index (χ2v) is 7.11. The molecule has 120 valence electrons. The second kappa shape index (κ2) is 8.08. The van der Waals surface area contributed by atoms with Crippen LogP contribution >= 0.6 is 23.5 Å². The zero-order valence-corrected chi connectivity index (χ0v) is 14.5. The summed E-state index contributed by atoms with van der Waals surface area (Å²) in [6.45, 7) is 1.73. The minimum Gasteiger partial charge on any atom is -0.369 e. The number of anilines is 1. The summed E-state index contributed by atoms with van der Waals surface area (Å²) in [5.41, 5.74) is 6.57. The first-order valence-electron chi connectivity index (χ1n) is 7.01. The normalized spacial score (nSPS) is 11.7. The lowest BCUT2D eigenvalue weighted by Gasteiger charge is -2.12. The van der Waals surface area contributed by atoms with Gasteiger partial charge in [0.05, 0.1) is 10.8 Å². The van der Waals surface area contributed by atoms with Crippen molar-refractivity contribution >= 4 is 41.0 Å². The zero-order chi connectivity index (χ0) is 16.8. The predicted molar refractivity (Wildman–Crippen MR) is 97.1 cm³/mol. The number of primary amides is 1. The van der Waals surface area contributed by atoms with Gasteiger partial charge in [-0.3, -0.25) is 9.59 Å². The van der Waals surface area contributed by atoms with Crippen molar-refractivity contribution in [2.75, 3.05) is 11.6 Å². The molecule has 0 heterocycles. The van der Waals surface area contributed by atoms with Gasteiger partial charge in [0, 0.05) is 15.5 Å². The average molecular weight is 346 g/mol. The molecule has 0 saturated heterocycles. The summed E-state index contributed by atoms with van der Waals surface area (Å²) in [5, 5.41) is 2.49. The fourth-order valence-electron chi connectivity index (χ4n) is 1.90. The lowest BCUT2D eigenvalue weighted by atomic mass is 10.2. The molecule has 0 aromatic heterocycles. The summed E-state index contributed by atoms with van der Waals surface area (Å²) in [7, 11) is 0. The first-order chi connectivity index (χ1) is 11.0. The number of benzene rings is 2. The Kier molecular flexibility index (Phi) is 6.12. The Hall–Kier alpha value is -1.92. The quantitative estimate of drug-likeness (QED) is 0.784. The molecule has 3 N–H and O–H groups in total. The van der Waals surface area contributed by atoms with Crippen LogP contribution in [0.2, 0.25) is 0 Å². The number of thioether (sulfide) groups is 2. The molecule has 0 unspecified atom stereocenters. The van der Waals surface area contributed by atoms with Gasteiger partial charge in [0.2, 0.25) is 5.91 Å². The monoisotopic (exact) mass is 346 g/mol. The first-order valence-corrected chi connectivity index (χ1v) is 9.12. The van der Waals surface area contributed by atoms with E-state index in [0.29, 0.717) is 5.56 Å². The molecule has 6 heteroatoms. The van der Waals surface area contributed by atoms with E-state index in [-0.39, 0.29) is 5.91 Å². The molecule has 2 rings (SSSR count). The molecule has 2 aromatic rings. The number of amides is 2. The van der Waals surface area contributed by atoms with Gasteiger partial charge >= 0.3 is 0 Å². The highest BCUT2D eigenvalue weighted by Crippen LogP contribution is 2.27. The number of rotatable bonds is 6. The van der Waals surface area contributed by atoms with E-state index in [9.17, 15) is 9.59 Å². The lowest BCUT2D eigenvalue weighted by molar-refractivity contribution is -0.117. The van der Waals surface area contributed by atoms with Gasteiger partial charge in [-0.1, -0.05) is 18.2 Å². The Morgan fingerprint density at radius 3 is 2.57 bits per heavy atom. The van der Waals surface area contributed by atoms with E-state index < -0.39 is 11.2 Å². The molecule has 0 aliphatic carbocycles. The van der Waals surface area contributed by atoms with Crippen LogP contribution in [0.1, 0.15) is 17.3 Å². The third kappa shape index (κ3) is 4.77. The highest BCUT2D eigenvalue weighted by Gasteiger charge is 2.16. The Labute approximate surface area is 144 Å². The average Bonchev–Trinajstić information content (AvgIpc) is 2.55. The highest BCUT2D eigenvalue weighted by atomic mass is 32.2. The Morgan fingerprint density at radius 2 is 1.87 bits per heavy atom. The van der Waals surface area contributed by atoms with E-state index in [1.54, 1.807) is 30.8 Å². The standard InChI is InChI=1S/C17H18N2O2S2/c1-11(16(18)20)23-15-9-4-3-8-14(15)17(21)19-12-6-5-7-13(10-12)22-2/h3-11H,1-2H3,(H2,18,20)(H,19,21)/t11-/m1/s1. The largest absolute Gasteiger partial charge is 0.369 e. The summed E-state index contributed by atoms with van der Waals surface area (Å²) in [4.78, 5) is 25.6. The maximum absolute atomic E-state index is 12.5. The second-order valence-electron chi connectivity index (χ2n) is 4.84. The van der Waals surface area contributed by atoms with Crippen LogP contribution in [0.4, 0.5) is 5.69 Å².